The first-order chi connectivity index (χ1) is 14.0. The minimum absolute atomic E-state index is 0.139. The van der Waals surface area contributed by atoms with E-state index in [0.717, 1.165) is 5.56 Å². The number of hydrogen-bond donors (Lipinski definition) is 1. The summed E-state index contributed by atoms with van der Waals surface area (Å²) in [6.07, 6.45) is 5.02. The van der Waals surface area contributed by atoms with Crippen LogP contribution in [-0.2, 0) is 6.54 Å². The van der Waals surface area contributed by atoms with Gasteiger partial charge in [-0.15, -0.1) is 0 Å². The van der Waals surface area contributed by atoms with Crippen LogP contribution in [0.2, 0.25) is 0 Å². The van der Waals surface area contributed by atoms with Crippen LogP contribution in [0.25, 0.3) is 21.9 Å². The third-order valence-corrected chi connectivity index (χ3v) is 5.53. The molecule has 29 heavy (non-hydrogen) atoms. The van der Waals surface area contributed by atoms with Gasteiger partial charge in [0.05, 0.1) is 16.3 Å². The first kappa shape index (κ1) is 17.8. The maximum Gasteiger partial charge on any atom is 0.281 e. The van der Waals surface area contributed by atoms with Crippen molar-refractivity contribution in [3.05, 3.63) is 74.5 Å². The number of aryl methyl sites for hydroxylation is 1. The molecular weight excluding hydrogens is 483 g/mol. The van der Waals surface area contributed by atoms with E-state index >= 15 is 0 Å². The van der Waals surface area contributed by atoms with Gasteiger partial charge in [0.25, 0.3) is 5.56 Å². The quantitative estimate of drug-likeness (QED) is 0.382. The van der Waals surface area contributed by atoms with E-state index in [1.807, 2.05) is 49.6 Å². The van der Waals surface area contributed by atoms with Crippen molar-refractivity contribution in [3.63, 3.8) is 0 Å². The standard InChI is InChI=1S/C19H15IN8O/c1-11-5-4-6-12-14(11)19(29)28(26-7-2-3-8-26)13(24-12)9-27-18-15(16(20)25-27)17(21)22-10-23-18/h2-8,10H,9H2,1H3,(H2,21,22,23). The summed E-state index contributed by atoms with van der Waals surface area (Å²) >= 11 is 2.11. The highest BCUT2D eigenvalue weighted by Gasteiger charge is 2.18. The van der Waals surface area contributed by atoms with Gasteiger partial charge in [0.15, 0.2) is 11.5 Å². The summed E-state index contributed by atoms with van der Waals surface area (Å²) in [5, 5.41) is 5.84. The lowest BCUT2D eigenvalue weighted by atomic mass is 10.1. The summed E-state index contributed by atoms with van der Waals surface area (Å²) in [5.74, 6) is 0.901. The predicted molar refractivity (Wildman–Crippen MR) is 118 cm³/mol. The molecule has 144 valence electrons. The minimum atomic E-state index is -0.139. The summed E-state index contributed by atoms with van der Waals surface area (Å²) < 4.78 is 5.66. The Labute approximate surface area is 177 Å². The minimum Gasteiger partial charge on any atom is -0.383 e. The summed E-state index contributed by atoms with van der Waals surface area (Å²) in [7, 11) is 0. The number of anilines is 1. The number of nitrogens with zero attached hydrogens (tertiary/aromatic N) is 7. The van der Waals surface area contributed by atoms with Crippen LogP contribution < -0.4 is 11.3 Å². The lowest BCUT2D eigenvalue weighted by Crippen LogP contribution is -2.31. The van der Waals surface area contributed by atoms with Crippen molar-refractivity contribution in [3.8, 4) is 0 Å². The molecule has 9 nitrogen and oxygen atoms in total. The zero-order valence-corrected chi connectivity index (χ0v) is 17.5. The Bertz CT molecular complexity index is 1430. The van der Waals surface area contributed by atoms with Gasteiger partial charge in [-0.1, -0.05) is 12.1 Å². The van der Waals surface area contributed by atoms with E-state index in [-0.39, 0.29) is 12.1 Å². The molecule has 0 spiro atoms. The van der Waals surface area contributed by atoms with Gasteiger partial charge >= 0.3 is 0 Å². The zero-order chi connectivity index (χ0) is 20.1. The number of rotatable bonds is 3. The van der Waals surface area contributed by atoms with Crippen LogP contribution in [0.5, 0.6) is 0 Å². The largest absolute Gasteiger partial charge is 0.383 e. The topological polar surface area (TPSA) is 109 Å². The Morgan fingerprint density at radius 3 is 2.69 bits per heavy atom. The molecule has 0 fully saturated rings. The average molecular weight is 498 g/mol. The molecule has 2 N–H and O–H groups in total. The number of hydrogen-bond acceptors (Lipinski definition) is 6. The molecule has 0 unspecified atom stereocenters. The van der Waals surface area contributed by atoms with Gasteiger partial charge in [0.2, 0.25) is 0 Å². The molecule has 5 aromatic rings. The number of benzene rings is 1. The van der Waals surface area contributed by atoms with Crippen molar-refractivity contribution < 1.29 is 0 Å². The van der Waals surface area contributed by atoms with Gasteiger partial charge in [0, 0.05) is 12.4 Å². The van der Waals surface area contributed by atoms with Crippen molar-refractivity contribution in [1.29, 1.82) is 0 Å². The molecule has 0 aliphatic rings. The fourth-order valence-electron chi connectivity index (χ4n) is 3.46. The molecule has 0 amide bonds. The van der Waals surface area contributed by atoms with Gasteiger partial charge in [-0.05, 0) is 53.3 Å². The van der Waals surface area contributed by atoms with Gasteiger partial charge < -0.3 is 5.73 Å². The first-order valence-corrected chi connectivity index (χ1v) is 9.90. The lowest BCUT2D eigenvalue weighted by molar-refractivity contribution is 0.546. The third kappa shape index (κ3) is 2.78. The van der Waals surface area contributed by atoms with Gasteiger partial charge in [-0.3, -0.25) is 9.47 Å². The fraction of sp³-hybridized carbons (Fsp3) is 0.105. The molecule has 0 aliphatic carbocycles. The summed E-state index contributed by atoms with van der Waals surface area (Å²) in [6.45, 7) is 2.15. The molecule has 4 heterocycles. The number of nitrogen functional groups attached to an aromatic ring is 1. The fourth-order valence-corrected chi connectivity index (χ4v) is 4.24. The van der Waals surface area contributed by atoms with Crippen molar-refractivity contribution in [2.45, 2.75) is 13.5 Å². The Balaban J connectivity index is 1.79. The van der Waals surface area contributed by atoms with E-state index in [4.69, 9.17) is 10.7 Å². The highest BCUT2D eigenvalue weighted by Crippen LogP contribution is 2.23. The molecule has 0 saturated heterocycles. The molecule has 0 saturated carbocycles. The molecule has 0 radical (unpaired) electrons. The van der Waals surface area contributed by atoms with E-state index in [1.165, 1.54) is 6.33 Å². The Kier molecular flexibility index (Phi) is 4.08. The highest BCUT2D eigenvalue weighted by molar-refractivity contribution is 14.1. The van der Waals surface area contributed by atoms with Gasteiger partial charge in [-0.2, -0.15) is 9.77 Å². The maximum absolute atomic E-state index is 13.4. The average Bonchev–Trinajstić information content (AvgIpc) is 3.31. The van der Waals surface area contributed by atoms with Crippen LogP contribution in [0, 0.1) is 10.6 Å². The zero-order valence-electron chi connectivity index (χ0n) is 15.3. The normalized spacial score (nSPS) is 11.5. The second-order valence-electron chi connectivity index (χ2n) is 6.58. The summed E-state index contributed by atoms with van der Waals surface area (Å²) in [4.78, 5) is 26.6. The predicted octanol–water partition coefficient (Wildman–Crippen LogP) is 2.19. The van der Waals surface area contributed by atoms with Crippen molar-refractivity contribution in [1.82, 2.24) is 34.1 Å². The molecule has 0 bridgehead atoms. The SMILES string of the molecule is Cc1cccc2nc(Cn3nc(I)c4c(N)ncnc43)n(-n3cccc3)c(=O)c12. The second-order valence-corrected chi connectivity index (χ2v) is 7.60. The van der Waals surface area contributed by atoms with E-state index in [1.54, 1.807) is 14.0 Å². The Morgan fingerprint density at radius 1 is 1.10 bits per heavy atom. The third-order valence-electron chi connectivity index (χ3n) is 4.78. The summed E-state index contributed by atoms with van der Waals surface area (Å²) in [5.41, 5.74) is 7.99. The smallest absolute Gasteiger partial charge is 0.281 e. The van der Waals surface area contributed by atoms with E-state index in [0.29, 0.717) is 37.3 Å². The van der Waals surface area contributed by atoms with Crippen LogP contribution in [-0.4, -0.2) is 34.1 Å². The highest BCUT2D eigenvalue weighted by atomic mass is 127. The number of nitrogens with two attached hydrogens (primary N) is 1. The monoisotopic (exact) mass is 498 g/mol. The van der Waals surface area contributed by atoms with Crippen LogP contribution in [0.4, 0.5) is 5.82 Å². The molecule has 4 aromatic heterocycles. The molecule has 5 rings (SSSR count). The molecule has 0 aliphatic heterocycles. The summed E-state index contributed by atoms with van der Waals surface area (Å²) in [6, 6.07) is 9.37. The van der Waals surface area contributed by atoms with Crippen LogP contribution in [0.15, 0.2) is 53.8 Å². The lowest BCUT2D eigenvalue weighted by Gasteiger charge is -2.15. The van der Waals surface area contributed by atoms with Crippen LogP contribution in [0.1, 0.15) is 11.4 Å². The maximum atomic E-state index is 13.4. The van der Waals surface area contributed by atoms with Gasteiger partial charge in [-0.25, -0.2) is 19.6 Å². The second kappa shape index (κ2) is 6.65. The molecule has 10 heteroatoms. The van der Waals surface area contributed by atoms with E-state index < -0.39 is 0 Å². The van der Waals surface area contributed by atoms with Crippen LogP contribution >= 0.6 is 22.6 Å². The number of aromatic nitrogens is 7. The Morgan fingerprint density at radius 2 is 1.90 bits per heavy atom. The molecule has 0 atom stereocenters. The van der Waals surface area contributed by atoms with E-state index in [2.05, 4.69) is 37.7 Å². The van der Waals surface area contributed by atoms with Crippen LogP contribution in [0.3, 0.4) is 0 Å². The van der Waals surface area contributed by atoms with Crippen molar-refractivity contribution in [2.24, 2.45) is 0 Å². The van der Waals surface area contributed by atoms with Gasteiger partial charge in [0.1, 0.15) is 22.4 Å². The Hall–Kier alpha value is -3.28. The van der Waals surface area contributed by atoms with Crippen molar-refractivity contribution in [2.75, 3.05) is 5.73 Å². The first-order valence-electron chi connectivity index (χ1n) is 8.82. The van der Waals surface area contributed by atoms with Crippen molar-refractivity contribution >= 4 is 50.3 Å². The number of halogens is 1. The molecular formula is C19H15IN8O. The van der Waals surface area contributed by atoms with E-state index in [9.17, 15) is 4.79 Å². The number of fused-ring (bicyclic) bond motifs is 2. The molecule has 1 aromatic carbocycles.